The fourth-order valence-corrected chi connectivity index (χ4v) is 3.43. The molecule has 144 valence electrons. The third-order valence-electron chi connectivity index (χ3n) is 3.89. The van der Waals surface area contributed by atoms with Gasteiger partial charge in [0.2, 0.25) is 0 Å². The summed E-state index contributed by atoms with van der Waals surface area (Å²) in [5.41, 5.74) is 3.62. The normalized spacial score (nSPS) is 10.3. The zero-order valence-electron chi connectivity index (χ0n) is 16.0. The predicted octanol–water partition coefficient (Wildman–Crippen LogP) is 4.95. The average molecular weight is 403 g/mol. The van der Waals surface area contributed by atoms with Crippen LogP contribution in [0.25, 0.3) is 0 Å². The molecule has 0 aliphatic carbocycles. The van der Waals surface area contributed by atoms with Gasteiger partial charge in [-0.3, -0.25) is 0 Å². The summed E-state index contributed by atoms with van der Waals surface area (Å²) in [6.45, 7) is 7.01. The second-order valence-electron chi connectivity index (χ2n) is 6.15. The molecule has 4 nitrogen and oxygen atoms in total. The highest BCUT2D eigenvalue weighted by Gasteiger charge is 2.09. The van der Waals surface area contributed by atoms with Crippen LogP contribution in [-0.2, 0) is 4.74 Å². The van der Waals surface area contributed by atoms with E-state index in [1.165, 1.54) is 10.5 Å². The van der Waals surface area contributed by atoms with E-state index in [-0.39, 0.29) is 5.97 Å². The van der Waals surface area contributed by atoms with Gasteiger partial charge in [-0.2, -0.15) is 0 Å². The first-order valence-electron chi connectivity index (χ1n) is 9.01. The number of carbonyl (C=O) groups excluding carboxylic acids is 1. The van der Waals surface area contributed by atoms with Crippen LogP contribution in [-0.4, -0.2) is 30.0 Å². The number of benzene rings is 2. The molecule has 0 bridgehead atoms. The van der Waals surface area contributed by atoms with E-state index in [1.54, 1.807) is 19.1 Å². The first kappa shape index (κ1) is 21.3. The van der Waals surface area contributed by atoms with Crippen molar-refractivity contribution in [3.8, 4) is 0 Å². The quantitative estimate of drug-likeness (QED) is 0.282. The van der Waals surface area contributed by atoms with E-state index in [9.17, 15) is 4.79 Å². The zero-order valence-corrected chi connectivity index (χ0v) is 17.6. The van der Waals surface area contributed by atoms with Gasteiger partial charge in [0.05, 0.1) is 12.2 Å². The van der Waals surface area contributed by atoms with Crippen LogP contribution >= 0.6 is 24.0 Å². The molecule has 0 aliphatic rings. The SMILES string of the molecule is CCOC(=O)c1ccc(C)c(NC(=S)NCCCSc2ccc(C)cc2)c1. The van der Waals surface area contributed by atoms with Crippen LogP contribution in [0.4, 0.5) is 5.69 Å². The van der Waals surface area contributed by atoms with Crippen LogP contribution in [0.15, 0.2) is 47.4 Å². The molecular formula is C21H26N2O2S2. The van der Waals surface area contributed by atoms with Gasteiger partial charge >= 0.3 is 5.97 Å². The van der Waals surface area contributed by atoms with Gasteiger partial charge in [-0.05, 0) is 75.0 Å². The van der Waals surface area contributed by atoms with Gasteiger partial charge in [-0.15, -0.1) is 11.8 Å². The molecule has 2 aromatic carbocycles. The minimum atomic E-state index is -0.326. The van der Waals surface area contributed by atoms with Crippen molar-refractivity contribution in [3.63, 3.8) is 0 Å². The first-order valence-corrected chi connectivity index (χ1v) is 10.4. The van der Waals surface area contributed by atoms with Crippen molar-refractivity contribution in [2.24, 2.45) is 0 Å². The topological polar surface area (TPSA) is 50.4 Å². The fourth-order valence-electron chi connectivity index (χ4n) is 2.36. The van der Waals surface area contributed by atoms with Crippen LogP contribution in [0, 0.1) is 13.8 Å². The minimum absolute atomic E-state index is 0.326. The van der Waals surface area contributed by atoms with Crippen molar-refractivity contribution in [2.45, 2.75) is 32.1 Å². The Morgan fingerprint density at radius 2 is 1.89 bits per heavy atom. The lowest BCUT2D eigenvalue weighted by Crippen LogP contribution is -2.29. The number of thiocarbonyl (C=S) groups is 1. The Balaban J connectivity index is 1.75. The van der Waals surface area contributed by atoms with E-state index in [1.807, 2.05) is 24.8 Å². The first-order chi connectivity index (χ1) is 13.0. The van der Waals surface area contributed by atoms with E-state index in [0.717, 1.165) is 30.0 Å². The van der Waals surface area contributed by atoms with Crippen LogP contribution < -0.4 is 10.6 Å². The molecule has 0 saturated heterocycles. The summed E-state index contributed by atoms with van der Waals surface area (Å²) >= 11 is 7.21. The lowest BCUT2D eigenvalue weighted by molar-refractivity contribution is 0.0526. The van der Waals surface area contributed by atoms with E-state index < -0.39 is 0 Å². The average Bonchev–Trinajstić information content (AvgIpc) is 2.65. The number of esters is 1. The number of thioether (sulfide) groups is 1. The van der Waals surface area contributed by atoms with Gasteiger partial charge in [-0.25, -0.2) is 4.79 Å². The number of anilines is 1. The third kappa shape index (κ3) is 7.23. The molecule has 2 aromatic rings. The molecule has 2 N–H and O–H groups in total. The molecule has 0 heterocycles. The largest absolute Gasteiger partial charge is 0.462 e. The molecule has 0 spiro atoms. The highest BCUT2D eigenvalue weighted by Crippen LogP contribution is 2.19. The van der Waals surface area contributed by atoms with Crippen molar-refractivity contribution in [1.82, 2.24) is 5.32 Å². The van der Waals surface area contributed by atoms with Crippen molar-refractivity contribution >= 4 is 40.7 Å². The summed E-state index contributed by atoms with van der Waals surface area (Å²) in [6, 6.07) is 14.0. The number of rotatable bonds is 8. The highest BCUT2D eigenvalue weighted by molar-refractivity contribution is 7.99. The van der Waals surface area contributed by atoms with Gasteiger partial charge in [0.1, 0.15) is 0 Å². The summed E-state index contributed by atoms with van der Waals surface area (Å²) in [5, 5.41) is 6.94. The Bertz CT molecular complexity index is 776. The lowest BCUT2D eigenvalue weighted by atomic mass is 10.1. The molecule has 0 aliphatic heterocycles. The standard InChI is InChI=1S/C21H26N2O2S2/c1-4-25-20(24)17-9-8-16(3)19(14-17)23-21(26)22-12-5-13-27-18-10-6-15(2)7-11-18/h6-11,14H,4-5,12-13H2,1-3H3,(H2,22,23,26). The monoisotopic (exact) mass is 402 g/mol. The van der Waals surface area contributed by atoms with E-state index >= 15 is 0 Å². The van der Waals surface area contributed by atoms with Crippen LogP contribution in [0.3, 0.4) is 0 Å². The number of hydrogen-bond donors (Lipinski definition) is 2. The molecule has 0 aromatic heterocycles. The molecule has 0 atom stereocenters. The molecule has 0 fully saturated rings. The van der Waals surface area contributed by atoms with Crippen molar-refractivity contribution < 1.29 is 9.53 Å². The Hall–Kier alpha value is -2.05. The highest BCUT2D eigenvalue weighted by atomic mass is 32.2. The van der Waals surface area contributed by atoms with Crippen molar-refractivity contribution in [1.29, 1.82) is 0 Å². The summed E-state index contributed by atoms with van der Waals surface area (Å²) in [5.74, 6) is 0.698. The van der Waals surface area contributed by atoms with E-state index in [2.05, 4.69) is 41.8 Å². The smallest absolute Gasteiger partial charge is 0.338 e. The molecule has 0 radical (unpaired) electrons. The lowest BCUT2D eigenvalue weighted by Gasteiger charge is -2.13. The maximum absolute atomic E-state index is 11.9. The summed E-state index contributed by atoms with van der Waals surface area (Å²) in [6.07, 6.45) is 1.00. The molecule has 0 saturated carbocycles. The van der Waals surface area contributed by atoms with Crippen molar-refractivity contribution in [3.05, 3.63) is 59.2 Å². The molecule has 0 amide bonds. The Labute approximate surface area is 171 Å². The van der Waals surface area contributed by atoms with Crippen LogP contribution in [0.1, 0.15) is 34.8 Å². The van der Waals surface area contributed by atoms with Gasteiger partial charge in [0, 0.05) is 17.1 Å². The van der Waals surface area contributed by atoms with Gasteiger partial charge in [0.25, 0.3) is 0 Å². The number of ether oxygens (including phenoxy) is 1. The third-order valence-corrected chi connectivity index (χ3v) is 5.24. The van der Waals surface area contributed by atoms with Gasteiger partial charge in [0.15, 0.2) is 5.11 Å². The number of aryl methyl sites for hydroxylation is 2. The van der Waals surface area contributed by atoms with Crippen LogP contribution in [0.2, 0.25) is 0 Å². The molecule has 6 heteroatoms. The summed E-state index contributed by atoms with van der Waals surface area (Å²) in [4.78, 5) is 13.2. The molecule has 2 rings (SSSR count). The van der Waals surface area contributed by atoms with Crippen LogP contribution in [0.5, 0.6) is 0 Å². The summed E-state index contributed by atoms with van der Waals surface area (Å²) < 4.78 is 5.05. The fraction of sp³-hybridized carbons (Fsp3) is 0.333. The van der Waals surface area contributed by atoms with Gasteiger partial charge in [-0.1, -0.05) is 23.8 Å². The van der Waals surface area contributed by atoms with Crippen molar-refractivity contribution in [2.75, 3.05) is 24.2 Å². The Morgan fingerprint density at radius 3 is 2.59 bits per heavy atom. The zero-order chi connectivity index (χ0) is 19.6. The Kier molecular flexibility index (Phi) is 8.61. The number of nitrogens with one attached hydrogen (secondary N) is 2. The van der Waals surface area contributed by atoms with Gasteiger partial charge < -0.3 is 15.4 Å². The second-order valence-corrected chi connectivity index (χ2v) is 7.72. The minimum Gasteiger partial charge on any atom is -0.462 e. The molecular weight excluding hydrogens is 376 g/mol. The molecule has 0 unspecified atom stereocenters. The second kappa shape index (κ2) is 10.9. The maximum Gasteiger partial charge on any atom is 0.338 e. The number of carbonyl (C=O) groups is 1. The Morgan fingerprint density at radius 1 is 1.15 bits per heavy atom. The summed E-state index contributed by atoms with van der Waals surface area (Å²) in [7, 11) is 0. The molecule has 27 heavy (non-hydrogen) atoms. The van der Waals surface area contributed by atoms with E-state index in [4.69, 9.17) is 17.0 Å². The maximum atomic E-state index is 11.9. The predicted molar refractivity (Wildman–Crippen MR) is 118 cm³/mol. The number of hydrogen-bond acceptors (Lipinski definition) is 4. The van der Waals surface area contributed by atoms with E-state index in [0.29, 0.717) is 17.3 Å².